The molecule has 2 aromatic carbocycles. The number of halogens is 1. The average molecular weight is 421 g/mol. The third kappa shape index (κ3) is 5.26. The molecule has 1 unspecified atom stereocenters. The zero-order valence-corrected chi connectivity index (χ0v) is 17.2. The second-order valence-electron chi connectivity index (χ2n) is 7.22. The molecular weight excluding hydrogens is 397 g/mol. The molecule has 0 bridgehead atoms. The fourth-order valence-electron chi connectivity index (χ4n) is 3.11. The number of hydrogen-bond donors (Lipinski definition) is 1. The summed E-state index contributed by atoms with van der Waals surface area (Å²) in [6.07, 6.45) is -0.179. The van der Waals surface area contributed by atoms with Crippen LogP contribution < -0.4 is 14.8 Å². The molecule has 29 heavy (non-hydrogen) atoms. The number of fused-ring (bicyclic) bond motifs is 1. The Morgan fingerprint density at radius 3 is 2.38 bits per heavy atom. The molecule has 156 valence electrons. The van der Waals surface area contributed by atoms with Crippen LogP contribution in [0.25, 0.3) is 0 Å². The Kier molecular flexibility index (Phi) is 6.42. The van der Waals surface area contributed by atoms with Crippen molar-refractivity contribution in [1.29, 1.82) is 0 Å². The number of carbonyl (C=O) groups is 1. The molecule has 0 radical (unpaired) electrons. The summed E-state index contributed by atoms with van der Waals surface area (Å²) in [6.45, 7) is 4.64. The monoisotopic (exact) mass is 421 g/mol. The lowest BCUT2D eigenvalue weighted by molar-refractivity contribution is -0.121. The highest BCUT2D eigenvalue weighted by Crippen LogP contribution is 2.32. The maximum absolute atomic E-state index is 13.2. The first-order valence-corrected chi connectivity index (χ1v) is 11.1. The Labute approximate surface area is 169 Å². The number of carbonyl (C=O) groups excluding carboxylic acids is 1. The van der Waals surface area contributed by atoms with Gasteiger partial charge in [0, 0.05) is 12.5 Å². The minimum absolute atomic E-state index is 0.0545. The third-order valence-electron chi connectivity index (χ3n) is 4.68. The van der Waals surface area contributed by atoms with E-state index in [1.165, 1.54) is 24.3 Å². The van der Waals surface area contributed by atoms with Gasteiger partial charge in [0.15, 0.2) is 21.3 Å². The highest BCUT2D eigenvalue weighted by atomic mass is 32.2. The molecule has 0 saturated heterocycles. The standard InChI is InChI=1S/C21H24FNO5S/c1-14(2)21(15-3-5-16(22)6-4-15)23-20(24)9-12-29(25,26)17-7-8-18-19(13-17)28-11-10-27-18/h3-8,13-14,21H,9-12H2,1-2H3,(H,23,24). The molecule has 6 nitrogen and oxygen atoms in total. The van der Waals surface area contributed by atoms with E-state index in [1.54, 1.807) is 18.2 Å². The smallest absolute Gasteiger partial charge is 0.221 e. The molecule has 1 aliphatic heterocycles. The van der Waals surface area contributed by atoms with Gasteiger partial charge in [-0.3, -0.25) is 4.79 Å². The lowest BCUT2D eigenvalue weighted by atomic mass is 9.96. The molecule has 0 aliphatic carbocycles. The summed E-state index contributed by atoms with van der Waals surface area (Å²) in [5, 5.41) is 2.86. The van der Waals surface area contributed by atoms with Crippen LogP contribution in [0.3, 0.4) is 0 Å². The van der Waals surface area contributed by atoms with Crippen molar-refractivity contribution in [3.8, 4) is 11.5 Å². The van der Waals surface area contributed by atoms with E-state index in [-0.39, 0.29) is 40.8 Å². The fraction of sp³-hybridized carbons (Fsp3) is 0.381. The van der Waals surface area contributed by atoms with Gasteiger partial charge in [-0.15, -0.1) is 0 Å². The van der Waals surface area contributed by atoms with Crippen LogP contribution in [0.2, 0.25) is 0 Å². The molecule has 0 fully saturated rings. The molecule has 0 saturated carbocycles. The topological polar surface area (TPSA) is 81.7 Å². The normalized spacial score (nSPS) is 14.5. The number of nitrogens with one attached hydrogen (secondary N) is 1. The van der Waals surface area contributed by atoms with Gasteiger partial charge in [0.05, 0.1) is 16.7 Å². The number of benzene rings is 2. The maximum Gasteiger partial charge on any atom is 0.221 e. The first kappa shape index (κ1) is 21.1. The quantitative estimate of drug-likeness (QED) is 0.742. The molecule has 8 heteroatoms. The van der Waals surface area contributed by atoms with Crippen molar-refractivity contribution >= 4 is 15.7 Å². The van der Waals surface area contributed by atoms with Crippen LogP contribution in [-0.2, 0) is 14.6 Å². The van der Waals surface area contributed by atoms with E-state index >= 15 is 0 Å². The first-order chi connectivity index (χ1) is 13.8. The molecule has 1 atom stereocenters. The molecule has 1 amide bonds. The maximum atomic E-state index is 13.2. The molecule has 1 heterocycles. The number of rotatable bonds is 7. The fourth-order valence-corrected chi connectivity index (χ4v) is 4.36. The van der Waals surface area contributed by atoms with E-state index in [9.17, 15) is 17.6 Å². The van der Waals surface area contributed by atoms with E-state index < -0.39 is 9.84 Å². The highest BCUT2D eigenvalue weighted by molar-refractivity contribution is 7.91. The van der Waals surface area contributed by atoms with Crippen LogP contribution in [0, 0.1) is 11.7 Å². The largest absolute Gasteiger partial charge is 0.486 e. The van der Waals surface area contributed by atoms with Crippen molar-refractivity contribution in [1.82, 2.24) is 5.32 Å². The van der Waals surface area contributed by atoms with Crippen LogP contribution in [0.15, 0.2) is 47.4 Å². The first-order valence-electron chi connectivity index (χ1n) is 9.43. The van der Waals surface area contributed by atoms with E-state index in [0.717, 1.165) is 5.56 Å². The second kappa shape index (κ2) is 8.82. The van der Waals surface area contributed by atoms with Crippen molar-refractivity contribution in [2.75, 3.05) is 19.0 Å². The zero-order chi connectivity index (χ0) is 21.0. The number of ether oxygens (including phenoxy) is 2. The molecular formula is C21H24FNO5S. The van der Waals surface area contributed by atoms with Crippen LogP contribution >= 0.6 is 0 Å². The van der Waals surface area contributed by atoms with Gasteiger partial charge in [-0.1, -0.05) is 26.0 Å². The predicted octanol–water partition coefficient (Wildman–Crippen LogP) is 3.27. The zero-order valence-electron chi connectivity index (χ0n) is 16.4. The summed E-state index contributed by atoms with van der Waals surface area (Å²) < 4.78 is 49.2. The van der Waals surface area contributed by atoms with E-state index in [4.69, 9.17) is 9.47 Å². The van der Waals surface area contributed by atoms with Crippen molar-refractivity contribution in [2.24, 2.45) is 5.92 Å². The number of sulfone groups is 1. The summed E-state index contributed by atoms with van der Waals surface area (Å²) in [5.41, 5.74) is 0.768. The van der Waals surface area contributed by atoms with Crippen LogP contribution in [0.4, 0.5) is 4.39 Å². The summed E-state index contributed by atoms with van der Waals surface area (Å²) in [7, 11) is -3.66. The third-order valence-corrected chi connectivity index (χ3v) is 6.40. The lowest BCUT2D eigenvalue weighted by Gasteiger charge is -2.23. The minimum Gasteiger partial charge on any atom is -0.486 e. The molecule has 2 aromatic rings. The number of amides is 1. The van der Waals surface area contributed by atoms with Gasteiger partial charge in [-0.2, -0.15) is 0 Å². The van der Waals surface area contributed by atoms with Crippen LogP contribution in [-0.4, -0.2) is 33.3 Å². The Morgan fingerprint density at radius 1 is 1.07 bits per heavy atom. The minimum atomic E-state index is -3.66. The van der Waals surface area contributed by atoms with Crippen molar-refractivity contribution in [2.45, 2.75) is 31.2 Å². The van der Waals surface area contributed by atoms with Gasteiger partial charge >= 0.3 is 0 Å². The Balaban J connectivity index is 1.65. The van der Waals surface area contributed by atoms with Gasteiger partial charge < -0.3 is 14.8 Å². The van der Waals surface area contributed by atoms with Gasteiger partial charge in [-0.05, 0) is 35.7 Å². The highest BCUT2D eigenvalue weighted by Gasteiger charge is 2.23. The van der Waals surface area contributed by atoms with Gasteiger partial charge in [-0.25, -0.2) is 12.8 Å². The Morgan fingerprint density at radius 2 is 1.72 bits per heavy atom. The molecule has 0 aromatic heterocycles. The Hall–Kier alpha value is -2.61. The van der Waals surface area contributed by atoms with Crippen LogP contribution in [0.1, 0.15) is 31.9 Å². The second-order valence-corrected chi connectivity index (χ2v) is 9.32. The summed E-state index contributed by atoms with van der Waals surface area (Å²) in [6, 6.07) is 10.0. The van der Waals surface area contributed by atoms with E-state index in [1.807, 2.05) is 13.8 Å². The van der Waals surface area contributed by atoms with E-state index in [2.05, 4.69) is 5.32 Å². The van der Waals surface area contributed by atoms with Gasteiger partial charge in [0.1, 0.15) is 19.0 Å². The van der Waals surface area contributed by atoms with Gasteiger partial charge in [0.25, 0.3) is 0 Å². The predicted molar refractivity (Wildman–Crippen MR) is 106 cm³/mol. The molecule has 3 rings (SSSR count). The molecule has 0 spiro atoms. The Bertz CT molecular complexity index is 973. The average Bonchev–Trinajstić information content (AvgIpc) is 2.71. The molecule has 1 aliphatic rings. The van der Waals surface area contributed by atoms with E-state index in [0.29, 0.717) is 24.7 Å². The van der Waals surface area contributed by atoms with Crippen molar-refractivity contribution < 1.29 is 27.1 Å². The number of hydrogen-bond acceptors (Lipinski definition) is 5. The SMILES string of the molecule is CC(C)C(NC(=O)CCS(=O)(=O)c1ccc2c(c1)OCCO2)c1ccc(F)cc1. The van der Waals surface area contributed by atoms with Crippen molar-refractivity contribution in [3.63, 3.8) is 0 Å². The summed E-state index contributed by atoms with van der Waals surface area (Å²) >= 11 is 0. The van der Waals surface area contributed by atoms with Gasteiger partial charge in [0.2, 0.25) is 5.91 Å². The summed E-state index contributed by atoms with van der Waals surface area (Å²) in [5.74, 6) is -0.113. The van der Waals surface area contributed by atoms with Crippen molar-refractivity contribution in [3.05, 3.63) is 53.8 Å². The lowest BCUT2D eigenvalue weighted by Crippen LogP contribution is -2.32. The molecule has 1 N–H and O–H groups in total. The van der Waals surface area contributed by atoms with Crippen LogP contribution in [0.5, 0.6) is 11.5 Å². The summed E-state index contributed by atoms with van der Waals surface area (Å²) in [4.78, 5) is 12.5.